The van der Waals surface area contributed by atoms with Gasteiger partial charge in [-0.05, 0) is 62.4 Å². The minimum atomic E-state index is -0.513. The molecule has 0 heterocycles. The Bertz CT molecular complexity index is 915. The van der Waals surface area contributed by atoms with Crippen LogP contribution in [0.1, 0.15) is 26.3 Å². The van der Waals surface area contributed by atoms with Crippen LogP contribution in [0.5, 0.6) is 0 Å². The molecule has 0 saturated heterocycles. The van der Waals surface area contributed by atoms with Crippen molar-refractivity contribution in [2.45, 2.75) is 33.7 Å². The van der Waals surface area contributed by atoms with E-state index in [1.54, 1.807) is 48.2 Å². The third-order valence-electron chi connectivity index (χ3n) is 4.63. The van der Waals surface area contributed by atoms with Crippen LogP contribution in [-0.4, -0.2) is 41.8 Å². The minimum absolute atomic E-state index is 0.0626. The Morgan fingerprint density at radius 1 is 1.00 bits per heavy atom. The van der Waals surface area contributed by atoms with Gasteiger partial charge in [-0.15, -0.1) is 0 Å². The van der Waals surface area contributed by atoms with Crippen molar-refractivity contribution in [1.82, 2.24) is 4.90 Å². The van der Waals surface area contributed by atoms with Crippen LogP contribution in [0.2, 0.25) is 5.02 Å². The average Bonchev–Trinajstić information content (AvgIpc) is 2.69. The zero-order valence-electron chi connectivity index (χ0n) is 17.6. The maximum atomic E-state index is 12.7. The first-order chi connectivity index (χ1) is 14.2. The first kappa shape index (κ1) is 23.4. The van der Waals surface area contributed by atoms with Crippen molar-refractivity contribution in [2.24, 2.45) is 0 Å². The summed E-state index contributed by atoms with van der Waals surface area (Å²) in [6, 6.07) is 11.6. The lowest BCUT2D eigenvalue weighted by molar-refractivity contribution is -0.123. The van der Waals surface area contributed by atoms with Crippen LogP contribution in [0.15, 0.2) is 42.5 Å². The van der Waals surface area contributed by atoms with Crippen LogP contribution in [0.3, 0.4) is 0 Å². The van der Waals surface area contributed by atoms with E-state index in [0.29, 0.717) is 28.6 Å². The van der Waals surface area contributed by atoms with Crippen LogP contribution in [0.4, 0.5) is 17.1 Å². The van der Waals surface area contributed by atoms with Crippen molar-refractivity contribution >= 4 is 46.4 Å². The molecular weight excluding hydrogens is 404 g/mol. The fourth-order valence-electron chi connectivity index (χ4n) is 2.88. The molecule has 2 aromatic rings. The molecule has 0 radical (unpaired) electrons. The largest absolute Gasteiger partial charge is 0.326 e. The Labute approximate surface area is 181 Å². The summed E-state index contributed by atoms with van der Waals surface area (Å²) in [6.07, 6.45) is 0. The number of hydrogen-bond donors (Lipinski definition) is 3. The van der Waals surface area contributed by atoms with E-state index in [-0.39, 0.29) is 24.3 Å². The molecule has 30 heavy (non-hydrogen) atoms. The molecule has 0 bridgehead atoms. The molecule has 2 rings (SSSR count). The Kier molecular flexibility index (Phi) is 8.38. The second-order valence-electron chi connectivity index (χ2n) is 6.99. The number of aryl methyl sites for hydroxylation is 1. The van der Waals surface area contributed by atoms with Crippen LogP contribution in [-0.2, 0) is 14.4 Å². The van der Waals surface area contributed by atoms with E-state index in [4.69, 9.17) is 11.6 Å². The maximum absolute atomic E-state index is 12.7. The molecule has 0 unspecified atom stereocenters. The number of amides is 3. The van der Waals surface area contributed by atoms with E-state index in [9.17, 15) is 14.4 Å². The predicted octanol–water partition coefficient (Wildman–Crippen LogP) is 3.89. The van der Waals surface area contributed by atoms with Crippen LogP contribution in [0.25, 0.3) is 0 Å². The molecule has 1 atom stereocenters. The topological polar surface area (TPSA) is 90.5 Å². The summed E-state index contributed by atoms with van der Waals surface area (Å²) in [5, 5.41) is 8.89. The highest BCUT2D eigenvalue weighted by Gasteiger charge is 2.23. The highest BCUT2D eigenvalue weighted by atomic mass is 35.5. The van der Waals surface area contributed by atoms with Gasteiger partial charge >= 0.3 is 0 Å². The first-order valence-corrected chi connectivity index (χ1v) is 10.1. The van der Waals surface area contributed by atoms with Crippen molar-refractivity contribution in [3.8, 4) is 0 Å². The quantitative estimate of drug-likeness (QED) is 0.592. The predicted molar refractivity (Wildman–Crippen MR) is 121 cm³/mol. The number of nitrogens with zero attached hydrogens (tertiary/aromatic N) is 1. The summed E-state index contributed by atoms with van der Waals surface area (Å²) in [5.74, 6) is -0.608. The molecule has 2 aromatic carbocycles. The molecule has 8 heteroatoms. The third-order valence-corrected chi connectivity index (χ3v) is 4.86. The van der Waals surface area contributed by atoms with Gasteiger partial charge < -0.3 is 16.0 Å². The number of nitrogens with one attached hydrogen (secondary N) is 3. The Morgan fingerprint density at radius 3 is 2.17 bits per heavy atom. The van der Waals surface area contributed by atoms with Crippen molar-refractivity contribution in [3.05, 3.63) is 53.1 Å². The molecule has 3 amide bonds. The monoisotopic (exact) mass is 430 g/mol. The number of carbonyl (C=O) groups is 3. The summed E-state index contributed by atoms with van der Waals surface area (Å²) >= 11 is 6.01. The van der Waals surface area contributed by atoms with Gasteiger partial charge in [-0.25, -0.2) is 0 Å². The summed E-state index contributed by atoms with van der Waals surface area (Å²) in [5.41, 5.74) is 2.82. The first-order valence-electron chi connectivity index (χ1n) is 9.68. The molecule has 160 valence electrons. The SMILES string of the molecule is CCN(CC(=O)Nc1ccc(NC(C)=O)cc1)[C@@H](C)C(=O)Nc1cc(Cl)ccc1C. The minimum Gasteiger partial charge on any atom is -0.326 e. The van der Waals surface area contributed by atoms with E-state index in [2.05, 4.69) is 16.0 Å². The van der Waals surface area contributed by atoms with Gasteiger partial charge in [0.15, 0.2) is 0 Å². The maximum Gasteiger partial charge on any atom is 0.241 e. The van der Waals surface area contributed by atoms with Gasteiger partial charge in [0.1, 0.15) is 0 Å². The second-order valence-corrected chi connectivity index (χ2v) is 7.43. The zero-order chi connectivity index (χ0) is 22.3. The van der Waals surface area contributed by atoms with E-state index in [0.717, 1.165) is 5.56 Å². The molecule has 3 N–H and O–H groups in total. The highest BCUT2D eigenvalue weighted by molar-refractivity contribution is 6.31. The van der Waals surface area contributed by atoms with Crippen LogP contribution < -0.4 is 16.0 Å². The zero-order valence-corrected chi connectivity index (χ0v) is 18.3. The number of rotatable bonds is 8. The summed E-state index contributed by atoms with van der Waals surface area (Å²) in [4.78, 5) is 38.0. The normalized spacial score (nSPS) is 11.7. The Hall–Kier alpha value is -2.90. The highest BCUT2D eigenvalue weighted by Crippen LogP contribution is 2.21. The number of benzene rings is 2. The fourth-order valence-corrected chi connectivity index (χ4v) is 3.05. The van der Waals surface area contributed by atoms with Crippen molar-refractivity contribution < 1.29 is 14.4 Å². The number of anilines is 3. The van der Waals surface area contributed by atoms with E-state index in [1.165, 1.54) is 6.92 Å². The average molecular weight is 431 g/mol. The molecule has 0 aromatic heterocycles. The molecule has 0 spiro atoms. The van der Waals surface area contributed by atoms with Crippen molar-refractivity contribution in [2.75, 3.05) is 29.0 Å². The van der Waals surface area contributed by atoms with Gasteiger partial charge in [-0.2, -0.15) is 0 Å². The van der Waals surface area contributed by atoms with Gasteiger partial charge in [-0.1, -0.05) is 24.6 Å². The van der Waals surface area contributed by atoms with Crippen LogP contribution in [0, 0.1) is 6.92 Å². The summed E-state index contributed by atoms with van der Waals surface area (Å²) < 4.78 is 0. The van der Waals surface area contributed by atoms with Gasteiger partial charge in [0.05, 0.1) is 12.6 Å². The summed E-state index contributed by atoms with van der Waals surface area (Å²) in [6.45, 7) is 7.56. The second kappa shape index (κ2) is 10.8. The standard InChI is InChI=1S/C22H27ClN4O3/c1-5-27(15(3)22(30)26-20-12-17(23)7-6-14(20)2)13-21(29)25-19-10-8-18(9-11-19)24-16(4)28/h6-12,15H,5,13H2,1-4H3,(H,24,28)(H,25,29)(H,26,30)/t15-/m0/s1. The lowest BCUT2D eigenvalue weighted by Gasteiger charge is -2.26. The molecule has 0 aliphatic carbocycles. The molecule has 0 aliphatic rings. The number of halogens is 1. The van der Waals surface area contributed by atoms with E-state index >= 15 is 0 Å². The smallest absolute Gasteiger partial charge is 0.241 e. The molecule has 7 nitrogen and oxygen atoms in total. The summed E-state index contributed by atoms with van der Waals surface area (Å²) in [7, 11) is 0. The van der Waals surface area contributed by atoms with Gasteiger partial charge in [0.2, 0.25) is 17.7 Å². The van der Waals surface area contributed by atoms with E-state index in [1.807, 2.05) is 19.9 Å². The lowest BCUT2D eigenvalue weighted by atomic mass is 10.2. The number of hydrogen-bond acceptors (Lipinski definition) is 4. The van der Waals surface area contributed by atoms with Crippen LogP contribution >= 0.6 is 11.6 Å². The number of carbonyl (C=O) groups excluding carboxylic acids is 3. The molecule has 0 saturated carbocycles. The van der Waals surface area contributed by atoms with Gasteiger partial charge in [0.25, 0.3) is 0 Å². The van der Waals surface area contributed by atoms with Gasteiger partial charge in [-0.3, -0.25) is 19.3 Å². The van der Waals surface area contributed by atoms with Gasteiger partial charge in [0, 0.05) is 29.0 Å². The lowest BCUT2D eigenvalue weighted by Crippen LogP contribution is -2.45. The third kappa shape index (κ3) is 6.86. The molecule has 0 aliphatic heterocycles. The van der Waals surface area contributed by atoms with Crippen molar-refractivity contribution in [1.29, 1.82) is 0 Å². The Morgan fingerprint density at radius 2 is 1.60 bits per heavy atom. The number of likely N-dealkylation sites (N-methyl/N-ethyl adjacent to an activating group) is 1. The molecular formula is C22H27ClN4O3. The Balaban J connectivity index is 1.95. The molecule has 0 fully saturated rings. The van der Waals surface area contributed by atoms with Crippen molar-refractivity contribution in [3.63, 3.8) is 0 Å². The fraction of sp³-hybridized carbons (Fsp3) is 0.318. The van der Waals surface area contributed by atoms with E-state index < -0.39 is 6.04 Å².